The second-order valence-electron chi connectivity index (χ2n) is 3.67. The minimum Gasteiger partial charge on any atom is -0.363 e. The molecule has 76 valence electrons. The van der Waals surface area contributed by atoms with Crippen LogP contribution in [-0.2, 0) is 4.79 Å². The summed E-state index contributed by atoms with van der Waals surface area (Å²) >= 11 is 0. The zero-order chi connectivity index (χ0) is 9.97. The molecule has 0 radical (unpaired) electrons. The van der Waals surface area contributed by atoms with Crippen molar-refractivity contribution < 1.29 is 9.32 Å². The standard InChI is InChI=1S/C9H13N3O2/c10-8(6-1-2-6)3-9(13)12-7-4-11-14-5-7/h4-6,8H,1-3,10H2,(H,12,13). The number of amides is 1. The summed E-state index contributed by atoms with van der Waals surface area (Å²) < 4.78 is 4.58. The second-order valence-corrected chi connectivity index (χ2v) is 3.67. The summed E-state index contributed by atoms with van der Waals surface area (Å²) in [5, 5.41) is 6.14. The summed E-state index contributed by atoms with van der Waals surface area (Å²) in [6.45, 7) is 0. The van der Waals surface area contributed by atoms with Crippen LogP contribution in [0.2, 0.25) is 0 Å². The van der Waals surface area contributed by atoms with Crippen LogP contribution < -0.4 is 11.1 Å². The largest absolute Gasteiger partial charge is 0.363 e. The molecule has 0 bridgehead atoms. The maximum atomic E-state index is 11.4. The lowest BCUT2D eigenvalue weighted by Gasteiger charge is -2.08. The van der Waals surface area contributed by atoms with Crippen LogP contribution in [0.15, 0.2) is 17.0 Å². The van der Waals surface area contributed by atoms with E-state index < -0.39 is 0 Å². The van der Waals surface area contributed by atoms with Gasteiger partial charge in [0.05, 0.1) is 6.20 Å². The number of carbonyl (C=O) groups excluding carboxylic acids is 1. The molecule has 2 rings (SSSR count). The van der Waals surface area contributed by atoms with Gasteiger partial charge < -0.3 is 15.6 Å². The molecule has 1 aliphatic carbocycles. The summed E-state index contributed by atoms with van der Waals surface area (Å²) in [4.78, 5) is 11.4. The van der Waals surface area contributed by atoms with E-state index in [0.717, 1.165) is 12.8 Å². The molecule has 5 nitrogen and oxygen atoms in total. The van der Waals surface area contributed by atoms with Crippen molar-refractivity contribution in [1.29, 1.82) is 0 Å². The molecule has 1 atom stereocenters. The molecular formula is C9H13N3O2. The zero-order valence-corrected chi connectivity index (χ0v) is 7.77. The highest BCUT2D eigenvalue weighted by Gasteiger charge is 2.29. The average Bonchev–Trinajstić information content (AvgIpc) is 2.87. The van der Waals surface area contributed by atoms with Crippen LogP contribution in [0.5, 0.6) is 0 Å². The monoisotopic (exact) mass is 195 g/mol. The number of hydrogen-bond acceptors (Lipinski definition) is 4. The lowest BCUT2D eigenvalue weighted by Crippen LogP contribution is -2.28. The number of nitrogens with two attached hydrogens (primary N) is 1. The van der Waals surface area contributed by atoms with Crippen LogP contribution in [0, 0.1) is 5.92 Å². The number of nitrogens with one attached hydrogen (secondary N) is 1. The minimum absolute atomic E-state index is 0.00476. The minimum atomic E-state index is -0.0763. The molecule has 0 aliphatic heterocycles. The Morgan fingerprint density at radius 3 is 3.14 bits per heavy atom. The number of rotatable bonds is 4. The van der Waals surface area contributed by atoms with E-state index in [0.29, 0.717) is 18.0 Å². The number of hydrogen-bond donors (Lipinski definition) is 2. The van der Waals surface area contributed by atoms with Crippen molar-refractivity contribution in [2.45, 2.75) is 25.3 Å². The van der Waals surface area contributed by atoms with Crippen molar-refractivity contribution in [3.05, 3.63) is 12.5 Å². The van der Waals surface area contributed by atoms with Crippen LogP contribution in [0.1, 0.15) is 19.3 Å². The van der Waals surface area contributed by atoms with Crippen LogP contribution in [0.3, 0.4) is 0 Å². The number of anilines is 1. The fraction of sp³-hybridized carbons (Fsp3) is 0.556. The predicted octanol–water partition coefficient (Wildman–Crippen LogP) is 0.740. The molecule has 1 aromatic rings. The first-order valence-electron chi connectivity index (χ1n) is 4.70. The molecule has 0 saturated heterocycles. The summed E-state index contributed by atoms with van der Waals surface area (Å²) in [6, 6.07) is -0.00476. The molecule has 1 heterocycles. The number of carbonyl (C=O) groups is 1. The lowest BCUT2D eigenvalue weighted by molar-refractivity contribution is -0.116. The van der Waals surface area contributed by atoms with E-state index in [4.69, 9.17) is 5.73 Å². The van der Waals surface area contributed by atoms with Gasteiger partial charge in [0.15, 0.2) is 0 Å². The summed E-state index contributed by atoms with van der Waals surface area (Å²) in [6.07, 6.45) is 5.53. The Kier molecular flexibility index (Phi) is 2.49. The Morgan fingerprint density at radius 2 is 2.57 bits per heavy atom. The molecule has 1 saturated carbocycles. The van der Waals surface area contributed by atoms with Crippen molar-refractivity contribution >= 4 is 11.6 Å². The Labute approximate surface area is 81.6 Å². The van der Waals surface area contributed by atoms with Crippen molar-refractivity contribution in [3.8, 4) is 0 Å². The molecular weight excluding hydrogens is 182 g/mol. The van der Waals surface area contributed by atoms with E-state index in [9.17, 15) is 4.79 Å². The Hall–Kier alpha value is -1.36. The smallest absolute Gasteiger partial charge is 0.226 e. The Morgan fingerprint density at radius 1 is 1.79 bits per heavy atom. The van der Waals surface area contributed by atoms with Crippen LogP contribution >= 0.6 is 0 Å². The molecule has 14 heavy (non-hydrogen) atoms. The van der Waals surface area contributed by atoms with Gasteiger partial charge in [0.2, 0.25) is 5.91 Å². The van der Waals surface area contributed by atoms with Gasteiger partial charge >= 0.3 is 0 Å². The third-order valence-electron chi connectivity index (χ3n) is 2.36. The zero-order valence-electron chi connectivity index (χ0n) is 7.77. The van der Waals surface area contributed by atoms with E-state index in [1.165, 1.54) is 12.5 Å². The predicted molar refractivity (Wildman–Crippen MR) is 50.4 cm³/mol. The molecule has 0 aromatic carbocycles. The molecule has 1 unspecified atom stereocenters. The van der Waals surface area contributed by atoms with Gasteiger partial charge in [-0.15, -0.1) is 0 Å². The van der Waals surface area contributed by atoms with E-state index in [2.05, 4.69) is 15.0 Å². The Bertz CT molecular complexity index is 306. The first kappa shape index (κ1) is 9.21. The topological polar surface area (TPSA) is 81.2 Å². The third-order valence-corrected chi connectivity index (χ3v) is 2.36. The summed E-state index contributed by atoms with van der Waals surface area (Å²) in [7, 11) is 0. The van der Waals surface area contributed by atoms with Gasteiger partial charge in [0.1, 0.15) is 12.0 Å². The van der Waals surface area contributed by atoms with Crippen molar-refractivity contribution in [3.63, 3.8) is 0 Å². The van der Waals surface area contributed by atoms with Crippen LogP contribution in [0.25, 0.3) is 0 Å². The fourth-order valence-electron chi connectivity index (χ4n) is 1.38. The average molecular weight is 195 g/mol. The van der Waals surface area contributed by atoms with E-state index >= 15 is 0 Å². The maximum Gasteiger partial charge on any atom is 0.226 e. The van der Waals surface area contributed by atoms with Crippen molar-refractivity contribution in [2.24, 2.45) is 11.7 Å². The first-order valence-corrected chi connectivity index (χ1v) is 4.70. The molecule has 1 fully saturated rings. The van der Waals surface area contributed by atoms with Gasteiger partial charge in [-0.3, -0.25) is 4.79 Å². The maximum absolute atomic E-state index is 11.4. The molecule has 1 amide bonds. The highest BCUT2D eigenvalue weighted by Crippen LogP contribution is 2.32. The van der Waals surface area contributed by atoms with Gasteiger partial charge in [-0.25, -0.2) is 0 Å². The highest BCUT2D eigenvalue weighted by atomic mass is 16.5. The molecule has 1 aliphatic rings. The first-order chi connectivity index (χ1) is 6.75. The normalized spacial score (nSPS) is 17.8. The van der Waals surface area contributed by atoms with Gasteiger partial charge in [-0.1, -0.05) is 5.16 Å². The quantitative estimate of drug-likeness (QED) is 0.742. The van der Waals surface area contributed by atoms with Crippen molar-refractivity contribution in [1.82, 2.24) is 5.16 Å². The molecule has 0 spiro atoms. The van der Waals surface area contributed by atoms with E-state index in [1.54, 1.807) is 0 Å². The lowest BCUT2D eigenvalue weighted by atomic mass is 10.1. The molecule has 3 N–H and O–H groups in total. The van der Waals surface area contributed by atoms with Crippen LogP contribution in [-0.4, -0.2) is 17.1 Å². The van der Waals surface area contributed by atoms with Gasteiger partial charge in [-0.05, 0) is 18.8 Å². The molecule has 1 aromatic heterocycles. The van der Waals surface area contributed by atoms with E-state index in [1.807, 2.05) is 0 Å². The van der Waals surface area contributed by atoms with Gasteiger partial charge in [0, 0.05) is 12.5 Å². The third kappa shape index (κ3) is 2.32. The van der Waals surface area contributed by atoms with Crippen LogP contribution in [0.4, 0.5) is 5.69 Å². The number of aromatic nitrogens is 1. The summed E-state index contributed by atoms with van der Waals surface area (Å²) in [5.74, 6) is 0.468. The molecule has 5 heteroatoms. The number of nitrogens with zero attached hydrogens (tertiary/aromatic N) is 1. The Balaban J connectivity index is 1.78. The SMILES string of the molecule is NC(CC(=O)Nc1cnoc1)C1CC1. The van der Waals surface area contributed by atoms with Crippen molar-refractivity contribution in [2.75, 3.05) is 5.32 Å². The fourth-order valence-corrected chi connectivity index (χ4v) is 1.38. The highest BCUT2D eigenvalue weighted by molar-refractivity contribution is 5.90. The second kappa shape index (κ2) is 3.79. The van der Waals surface area contributed by atoms with Gasteiger partial charge in [0.25, 0.3) is 0 Å². The van der Waals surface area contributed by atoms with E-state index in [-0.39, 0.29) is 11.9 Å². The van der Waals surface area contributed by atoms with Gasteiger partial charge in [-0.2, -0.15) is 0 Å². The summed E-state index contributed by atoms with van der Waals surface area (Å²) in [5.41, 5.74) is 6.39.